The minimum Gasteiger partial charge on any atom is -0.493 e. The Morgan fingerprint density at radius 1 is 1.38 bits per heavy atom. The van der Waals surface area contributed by atoms with Gasteiger partial charge in [0.25, 0.3) is 0 Å². The van der Waals surface area contributed by atoms with Crippen LogP contribution in [0, 0.1) is 6.61 Å². The van der Waals surface area contributed by atoms with Crippen LogP contribution in [-0.2, 0) is 0 Å². The molecular formula is C10H13O3. The molecule has 3 nitrogen and oxygen atoms in total. The summed E-state index contributed by atoms with van der Waals surface area (Å²) in [5, 5.41) is 8.77. The number of aliphatic hydroxyl groups excluding tert-OH is 1. The lowest BCUT2D eigenvalue weighted by Gasteiger charge is -2.09. The second-order valence-electron chi connectivity index (χ2n) is 2.47. The van der Waals surface area contributed by atoms with Crippen molar-refractivity contribution in [3.8, 4) is 11.5 Å². The van der Waals surface area contributed by atoms with Crippen molar-refractivity contribution in [1.82, 2.24) is 0 Å². The van der Waals surface area contributed by atoms with Gasteiger partial charge in [0.1, 0.15) is 6.61 Å². The normalized spacial score (nSPS) is 9.77. The second-order valence-corrected chi connectivity index (χ2v) is 2.47. The minimum atomic E-state index is 0.575. The first-order valence-electron chi connectivity index (χ1n) is 4.10. The molecule has 1 aromatic rings. The van der Waals surface area contributed by atoms with Gasteiger partial charge in [-0.05, 0) is 24.6 Å². The van der Waals surface area contributed by atoms with Gasteiger partial charge in [-0.2, -0.15) is 0 Å². The third kappa shape index (κ3) is 2.36. The highest BCUT2D eigenvalue weighted by atomic mass is 16.5. The summed E-state index contributed by atoms with van der Waals surface area (Å²) < 4.78 is 10.4. The van der Waals surface area contributed by atoms with Gasteiger partial charge in [-0.25, -0.2) is 0 Å². The van der Waals surface area contributed by atoms with E-state index in [4.69, 9.17) is 14.6 Å². The van der Waals surface area contributed by atoms with E-state index in [1.165, 1.54) is 0 Å². The van der Waals surface area contributed by atoms with Gasteiger partial charge in [0, 0.05) is 0 Å². The Labute approximate surface area is 77.9 Å². The average molecular weight is 181 g/mol. The molecule has 0 aromatic heterocycles. The van der Waals surface area contributed by atoms with Crippen LogP contribution in [0.5, 0.6) is 11.5 Å². The van der Waals surface area contributed by atoms with Crippen LogP contribution in [-0.4, -0.2) is 18.8 Å². The van der Waals surface area contributed by atoms with Gasteiger partial charge < -0.3 is 14.6 Å². The molecule has 0 aliphatic rings. The number of aliphatic hydroxyl groups is 1. The van der Waals surface area contributed by atoms with E-state index in [1.54, 1.807) is 25.3 Å². The van der Waals surface area contributed by atoms with E-state index in [0.29, 0.717) is 23.7 Å². The Bertz CT molecular complexity index is 271. The second kappa shape index (κ2) is 4.72. The first-order chi connectivity index (χ1) is 6.31. The zero-order chi connectivity index (χ0) is 9.68. The molecule has 0 saturated carbocycles. The zero-order valence-electron chi connectivity index (χ0n) is 7.78. The maximum atomic E-state index is 8.77. The Hall–Kier alpha value is -1.22. The van der Waals surface area contributed by atoms with E-state index in [9.17, 15) is 0 Å². The molecular weight excluding hydrogens is 168 g/mol. The Kier molecular flexibility index (Phi) is 3.58. The maximum Gasteiger partial charge on any atom is 0.161 e. The molecule has 0 unspecified atom stereocenters. The van der Waals surface area contributed by atoms with Crippen molar-refractivity contribution in [3.05, 3.63) is 30.4 Å². The molecule has 0 spiro atoms. The molecule has 1 N–H and O–H groups in total. The van der Waals surface area contributed by atoms with Crippen LogP contribution in [0.15, 0.2) is 18.2 Å². The lowest BCUT2D eigenvalue weighted by atomic mass is 10.2. The largest absolute Gasteiger partial charge is 0.493 e. The van der Waals surface area contributed by atoms with Crippen LogP contribution in [0.1, 0.15) is 12.5 Å². The monoisotopic (exact) mass is 181 g/mol. The summed E-state index contributed by atoms with van der Waals surface area (Å²) in [6.07, 6.45) is 0. The lowest BCUT2D eigenvalue weighted by molar-refractivity contribution is 0.310. The van der Waals surface area contributed by atoms with Gasteiger partial charge >= 0.3 is 0 Å². The lowest BCUT2D eigenvalue weighted by Crippen LogP contribution is -1.96. The van der Waals surface area contributed by atoms with Crippen molar-refractivity contribution in [2.75, 3.05) is 13.7 Å². The standard InChI is InChI=1S/C10H13O3/c1-3-13-10-6-8(7-11)4-5-9(10)12-2/h4-7,11H,3H2,1-2H3. The van der Waals surface area contributed by atoms with Gasteiger partial charge in [-0.15, -0.1) is 0 Å². The third-order valence-corrected chi connectivity index (χ3v) is 1.64. The quantitative estimate of drug-likeness (QED) is 0.771. The molecule has 71 valence electrons. The predicted octanol–water partition coefficient (Wildman–Crippen LogP) is 1.98. The van der Waals surface area contributed by atoms with Crippen LogP contribution in [0.3, 0.4) is 0 Å². The first-order valence-corrected chi connectivity index (χ1v) is 4.10. The molecule has 0 atom stereocenters. The first kappa shape index (κ1) is 9.86. The molecule has 0 aliphatic heterocycles. The summed E-state index contributed by atoms with van der Waals surface area (Å²) in [4.78, 5) is 0. The molecule has 0 heterocycles. The fourth-order valence-corrected chi connectivity index (χ4v) is 1.04. The molecule has 0 fully saturated rings. The summed E-state index contributed by atoms with van der Waals surface area (Å²) in [6.45, 7) is 3.50. The smallest absolute Gasteiger partial charge is 0.161 e. The van der Waals surface area contributed by atoms with Crippen molar-refractivity contribution >= 4 is 0 Å². The molecule has 0 bridgehead atoms. The van der Waals surface area contributed by atoms with E-state index in [0.717, 1.165) is 6.61 Å². The Morgan fingerprint density at radius 3 is 2.69 bits per heavy atom. The van der Waals surface area contributed by atoms with E-state index in [1.807, 2.05) is 6.92 Å². The summed E-state index contributed by atoms with van der Waals surface area (Å²) in [5.41, 5.74) is 0.698. The molecule has 1 rings (SSSR count). The van der Waals surface area contributed by atoms with Gasteiger partial charge in [-0.1, -0.05) is 6.07 Å². The number of benzene rings is 1. The van der Waals surface area contributed by atoms with Gasteiger partial charge in [-0.3, -0.25) is 0 Å². The topological polar surface area (TPSA) is 38.7 Å². The zero-order valence-corrected chi connectivity index (χ0v) is 7.78. The van der Waals surface area contributed by atoms with Crippen LogP contribution in [0.25, 0.3) is 0 Å². The average Bonchev–Trinajstić information content (AvgIpc) is 2.18. The van der Waals surface area contributed by atoms with E-state index in [2.05, 4.69) is 0 Å². The Balaban J connectivity index is 2.95. The number of hydrogen-bond acceptors (Lipinski definition) is 3. The van der Waals surface area contributed by atoms with E-state index in [-0.39, 0.29) is 0 Å². The molecule has 0 aliphatic carbocycles. The summed E-state index contributed by atoms with van der Waals surface area (Å²) >= 11 is 0. The minimum absolute atomic E-state index is 0.575. The van der Waals surface area contributed by atoms with Crippen molar-refractivity contribution in [3.63, 3.8) is 0 Å². The molecule has 3 heteroatoms. The number of ether oxygens (including phenoxy) is 2. The van der Waals surface area contributed by atoms with Crippen molar-refractivity contribution in [2.45, 2.75) is 6.92 Å². The van der Waals surface area contributed by atoms with Gasteiger partial charge in [0.15, 0.2) is 11.5 Å². The van der Waals surface area contributed by atoms with Crippen LogP contribution in [0.2, 0.25) is 0 Å². The van der Waals surface area contributed by atoms with Gasteiger partial charge in [0.05, 0.1) is 13.7 Å². The Morgan fingerprint density at radius 2 is 2.15 bits per heavy atom. The number of methoxy groups -OCH3 is 1. The molecule has 13 heavy (non-hydrogen) atoms. The summed E-state index contributed by atoms with van der Waals surface area (Å²) in [7, 11) is 1.58. The fourth-order valence-electron chi connectivity index (χ4n) is 1.04. The number of hydrogen-bond donors (Lipinski definition) is 1. The van der Waals surface area contributed by atoms with Crippen LogP contribution >= 0.6 is 0 Å². The maximum absolute atomic E-state index is 8.77. The van der Waals surface area contributed by atoms with Crippen LogP contribution in [0.4, 0.5) is 0 Å². The highest BCUT2D eigenvalue weighted by Gasteiger charge is 2.04. The van der Waals surface area contributed by atoms with Gasteiger partial charge in [0.2, 0.25) is 0 Å². The number of rotatable bonds is 4. The third-order valence-electron chi connectivity index (χ3n) is 1.64. The predicted molar refractivity (Wildman–Crippen MR) is 49.5 cm³/mol. The fraction of sp³-hybridized carbons (Fsp3) is 0.300. The SMILES string of the molecule is CCOc1cc([CH]O)ccc1OC. The van der Waals surface area contributed by atoms with Crippen LogP contribution < -0.4 is 9.47 Å². The summed E-state index contributed by atoms with van der Waals surface area (Å²) in [5.74, 6) is 1.32. The molecule has 1 aromatic carbocycles. The highest BCUT2D eigenvalue weighted by Crippen LogP contribution is 2.28. The van der Waals surface area contributed by atoms with Crippen molar-refractivity contribution < 1.29 is 14.6 Å². The molecule has 1 radical (unpaired) electrons. The highest BCUT2D eigenvalue weighted by molar-refractivity contribution is 5.44. The van der Waals surface area contributed by atoms with Crippen molar-refractivity contribution in [2.24, 2.45) is 0 Å². The molecule has 0 saturated heterocycles. The molecule has 0 amide bonds. The van der Waals surface area contributed by atoms with E-state index >= 15 is 0 Å². The van der Waals surface area contributed by atoms with Crippen molar-refractivity contribution in [1.29, 1.82) is 0 Å². The summed E-state index contributed by atoms with van der Waals surface area (Å²) in [6, 6.07) is 5.23. The van der Waals surface area contributed by atoms with E-state index < -0.39 is 0 Å².